The molecule has 1 aromatic rings. The van der Waals surface area contributed by atoms with Crippen molar-refractivity contribution in [2.75, 3.05) is 0 Å². The third-order valence-electron chi connectivity index (χ3n) is 4.73. The molecule has 86 valence electrons. The fourth-order valence-corrected chi connectivity index (χ4v) is 3.67. The second kappa shape index (κ2) is 3.85. The summed E-state index contributed by atoms with van der Waals surface area (Å²) in [6.45, 7) is 2.26. The van der Waals surface area contributed by atoms with Gasteiger partial charge in [0.05, 0.1) is 0 Å². The van der Waals surface area contributed by atoms with Crippen molar-refractivity contribution < 1.29 is 0 Å². The number of hydrogen-bond donors (Lipinski definition) is 1. The van der Waals surface area contributed by atoms with Crippen molar-refractivity contribution in [3.63, 3.8) is 0 Å². The summed E-state index contributed by atoms with van der Waals surface area (Å²) < 4.78 is 0. The first-order valence-electron chi connectivity index (χ1n) is 6.44. The van der Waals surface area contributed by atoms with Gasteiger partial charge in [-0.25, -0.2) is 0 Å². The minimum Gasteiger partial charge on any atom is -0.327 e. The van der Waals surface area contributed by atoms with Crippen LogP contribution in [0.5, 0.6) is 0 Å². The summed E-state index contributed by atoms with van der Waals surface area (Å²) in [4.78, 5) is 4.06. The number of pyridine rings is 1. The van der Waals surface area contributed by atoms with Crippen molar-refractivity contribution in [3.8, 4) is 0 Å². The molecule has 2 aliphatic carbocycles. The van der Waals surface area contributed by atoms with Crippen molar-refractivity contribution >= 4 is 0 Å². The Morgan fingerprint density at radius 1 is 1.25 bits per heavy atom. The SMILES string of the molecule is CC(c1ccncc1)C(N)C1C2CCCC21. The Balaban J connectivity index is 1.69. The first kappa shape index (κ1) is 10.3. The van der Waals surface area contributed by atoms with Gasteiger partial charge in [0.25, 0.3) is 0 Å². The Hall–Kier alpha value is -0.890. The number of hydrogen-bond acceptors (Lipinski definition) is 2. The van der Waals surface area contributed by atoms with E-state index in [1.165, 1.54) is 24.8 Å². The summed E-state index contributed by atoms with van der Waals surface area (Å²) in [7, 11) is 0. The topological polar surface area (TPSA) is 38.9 Å². The van der Waals surface area contributed by atoms with Gasteiger partial charge in [0.15, 0.2) is 0 Å². The van der Waals surface area contributed by atoms with Crippen molar-refractivity contribution in [1.82, 2.24) is 4.98 Å². The van der Waals surface area contributed by atoms with Crippen molar-refractivity contribution in [2.45, 2.75) is 38.1 Å². The molecule has 2 heteroatoms. The van der Waals surface area contributed by atoms with E-state index < -0.39 is 0 Å². The average molecular weight is 216 g/mol. The number of nitrogens with two attached hydrogens (primary N) is 1. The fourth-order valence-electron chi connectivity index (χ4n) is 3.67. The number of aromatic nitrogens is 1. The van der Waals surface area contributed by atoms with E-state index in [1.807, 2.05) is 12.4 Å². The third kappa shape index (κ3) is 1.56. The predicted octanol–water partition coefficient (Wildman–Crippen LogP) is 2.56. The van der Waals surface area contributed by atoms with E-state index in [4.69, 9.17) is 5.73 Å². The lowest BCUT2D eigenvalue weighted by Crippen LogP contribution is -2.30. The minimum atomic E-state index is 0.345. The quantitative estimate of drug-likeness (QED) is 0.843. The van der Waals surface area contributed by atoms with Crippen LogP contribution in [0.1, 0.15) is 37.7 Å². The van der Waals surface area contributed by atoms with Crippen LogP contribution in [0.2, 0.25) is 0 Å². The number of rotatable bonds is 3. The highest BCUT2D eigenvalue weighted by molar-refractivity contribution is 5.20. The molecule has 0 amide bonds. The van der Waals surface area contributed by atoms with Crippen LogP contribution in [-0.4, -0.2) is 11.0 Å². The molecular formula is C14H20N2. The van der Waals surface area contributed by atoms with Gasteiger partial charge < -0.3 is 5.73 Å². The van der Waals surface area contributed by atoms with E-state index >= 15 is 0 Å². The van der Waals surface area contributed by atoms with E-state index in [1.54, 1.807) is 0 Å². The molecule has 0 aromatic carbocycles. The van der Waals surface area contributed by atoms with Gasteiger partial charge in [0.1, 0.15) is 0 Å². The molecule has 1 aromatic heterocycles. The molecule has 0 radical (unpaired) electrons. The maximum atomic E-state index is 6.42. The second-order valence-electron chi connectivity index (χ2n) is 5.48. The maximum Gasteiger partial charge on any atom is 0.0270 e. The molecular weight excluding hydrogens is 196 g/mol. The highest BCUT2D eigenvalue weighted by atomic mass is 14.8. The zero-order valence-electron chi connectivity index (χ0n) is 9.84. The summed E-state index contributed by atoms with van der Waals surface area (Å²) in [6, 6.07) is 4.54. The first-order chi connectivity index (χ1) is 7.79. The van der Waals surface area contributed by atoms with Gasteiger partial charge >= 0.3 is 0 Å². The lowest BCUT2D eigenvalue weighted by molar-refractivity contribution is 0.437. The molecule has 2 saturated carbocycles. The maximum absolute atomic E-state index is 6.42. The van der Waals surface area contributed by atoms with Gasteiger partial charge in [-0.1, -0.05) is 13.3 Å². The van der Waals surface area contributed by atoms with Crippen LogP contribution in [0.4, 0.5) is 0 Å². The Morgan fingerprint density at radius 2 is 1.88 bits per heavy atom. The largest absolute Gasteiger partial charge is 0.327 e. The van der Waals surface area contributed by atoms with E-state index in [0.717, 1.165) is 17.8 Å². The molecule has 1 heterocycles. The summed E-state index contributed by atoms with van der Waals surface area (Å²) >= 11 is 0. The molecule has 2 N–H and O–H groups in total. The van der Waals surface area contributed by atoms with Crippen molar-refractivity contribution in [3.05, 3.63) is 30.1 Å². The lowest BCUT2D eigenvalue weighted by atomic mass is 9.89. The molecule has 2 aliphatic rings. The summed E-state index contributed by atoms with van der Waals surface area (Å²) in [5.41, 5.74) is 7.76. The molecule has 2 fully saturated rings. The molecule has 0 aliphatic heterocycles. The summed E-state index contributed by atoms with van der Waals surface area (Å²) in [5.74, 6) is 3.19. The molecule has 4 atom stereocenters. The smallest absolute Gasteiger partial charge is 0.0270 e. The van der Waals surface area contributed by atoms with Crippen LogP contribution in [-0.2, 0) is 0 Å². The lowest BCUT2D eigenvalue weighted by Gasteiger charge is -2.21. The van der Waals surface area contributed by atoms with Gasteiger partial charge in [-0.2, -0.15) is 0 Å². The highest BCUT2D eigenvalue weighted by Crippen LogP contribution is 2.60. The Labute approximate surface area is 97.3 Å². The molecule has 4 unspecified atom stereocenters. The molecule has 0 bridgehead atoms. The van der Waals surface area contributed by atoms with E-state index in [2.05, 4.69) is 24.0 Å². The highest BCUT2D eigenvalue weighted by Gasteiger charge is 2.55. The molecule has 0 spiro atoms. The number of fused-ring (bicyclic) bond motifs is 1. The Morgan fingerprint density at radius 3 is 2.50 bits per heavy atom. The van der Waals surface area contributed by atoms with E-state index in [9.17, 15) is 0 Å². The van der Waals surface area contributed by atoms with Crippen molar-refractivity contribution in [2.24, 2.45) is 23.5 Å². The van der Waals surface area contributed by atoms with Gasteiger partial charge in [-0.05, 0) is 54.2 Å². The summed E-state index contributed by atoms with van der Waals surface area (Å²) in [6.07, 6.45) is 8.01. The molecule has 16 heavy (non-hydrogen) atoms. The van der Waals surface area contributed by atoms with Crippen LogP contribution in [0.3, 0.4) is 0 Å². The molecule has 2 nitrogen and oxygen atoms in total. The van der Waals surface area contributed by atoms with E-state index in [0.29, 0.717) is 12.0 Å². The Kier molecular flexibility index (Phi) is 2.47. The van der Waals surface area contributed by atoms with Crippen LogP contribution < -0.4 is 5.73 Å². The predicted molar refractivity (Wildman–Crippen MR) is 64.9 cm³/mol. The van der Waals surface area contributed by atoms with Gasteiger partial charge in [-0.3, -0.25) is 4.98 Å². The normalized spacial score (nSPS) is 35.5. The van der Waals surface area contributed by atoms with Crippen LogP contribution >= 0.6 is 0 Å². The second-order valence-corrected chi connectivity index (χ2v) is 5.48. The van der Waals surface area contributed by atoms with Crippen LogP contribution in [0.15, 0.2) is 24.5 Å². The zero-order valence-corrected chi connectivity index (χ0v) is 9.84. The zero-order chi connectivity index (χ0) is 11.1. The molecule has 0 saturated heterocycles. The first-order valence-corrected chi connectivity index (χ1v) is 6.44. The molecule has 3 rings (SSSR count). The monoisotopic (exact) mass is 216 g/mol. The van der Waals surface area contributed by atoms with Gasteiger partial charge in [-0.15, -0.1) is 0 Å². The van der Waals surface area contributed by atoms with Crippen LogP contribution in [0, 0.1) is 17.8 Å². The Bertz CT molecular complexity index is 352. The number of nitrogens with zero attached hydrogens (tertiary/aromatic N) is 1. The minimum absolute atomic E-state index is 0.345. The third-order valence-corrected chi connectivity index (χ3v) is 4.73. The van der Waals surface area contributed by atoms with Gasteiger partial charge in [0, 0.05) is 18.4 Å². The average Bonchev–Trinajstić information content (AvgIpc) is 2.81. The standard InChI is InChI=1S/C14H20N2/c1-9(10-5-7-16-8-6-10)14(15)13-11-3-2-4-12(11)13/h5-9,11-14H,2-4,15H2,1H3. The fraction of sp³-hybridized carbons (Fsp3) is 0.643. The van der Waals surface area contributed by atoms with E-state index in [-0.39, 0.29) is 0 Å². The van der Waals surface area contributed by atoms with Crippen molar-refractivity contribution in [1.29, 1.82) is 0 Å². The van der Waals surface area contributed by atoms with Gasteiger partial charge in [0.2, 0.25) is 0 Å². The van der Waals surface area contributed by atoms with Crippen LogP contribution in [0.25, 0.3) is 0 Å². The summed E-state index contributed by atoms with van der Waals surface area (Å²) in [5, 5.41) is 0.